The highest BCUT2D eigenvalue weighted by Crippen LogP contribution is 2.45. The maximum atomic E-state index is 12.2. The van der Waals surface area contributed by atoms with E-state index in [1.54, 1.807) is 13.1 Å². The van der Waals surface area contributed by atoms with E-state index in [1.165, 1.54) is 11.1 Å². The summed E-state index contributed by atoms with van der Waals surface area (Å²) in [7, 11) is 0. The predicted octanol–water partition coefficient (Wildman–Crippen LogP) is 1.67. The zero-order valence-corrected chi connectivity index (χ0v) is 11.9. The first-order valence-corrected chi connectivity index (χ1v) is 6.81. The predicted molar refractivity (Wildman–Crippen MR) is 77.3 cm³/mol. The Kier molecular flexibility index (Phi) is 3.15. The van der Waals surface area contributed by atoms with Gasteiger partial charge in [0.1, 0.15) is 18.2 Å². The van der Waals surface area contributed by atoms with Crippen molar-refractivity contribution in [3.63, 3.8) is 0 Å². The zero-order valence-electron chi connectivity index (χ0n) is 11.9. The van der Waals surface area contributed by atoms with Gasteiger partial charge in [0.05, 0.1) is 18.4 Å². The lowest BCUT2D eigenvalue weighted by Gasteiger charge is -2.33. The smallest absolute Gasteiger partial charge is 0.336 e. The van der Waals surface area contributed by atoms with Gasteiger partial charge in [0, 0.05) is 5.56 Å². The van der Waals surface area contributed by atoms with Gasteiger partial charge in [-0.05, 0) is 18.6 Å². The van der Waals surface area contributed by atoms with Gasteiger partial charge >= 0.3 is 5.97 Å². The first-order chi connectivity index (χ1) is 10.7. The molecule has 2 aliphatic rings. The van der Waals surface area contributed by atoms with Crippen LogP contribution in [0.5, 0.6) is 0 Å². The number of nitriles is 2. The van der Waals surface area contributed by atoms with Crippen molar-refractivity contribution >= 4 is 12.2 Å². The molecule has 108 valence electrons. The van der Waals surface area contributed by atoms with Gasteiger partial charge < -0.3 is 4.74 Å². The van der Waals surface area contributed by atoms with Crippen LogP contribution in [0.15, 0.2) is 41.0 Å². The molecule has 0 aliphatic carbocycles. The van der Waals surface area contributed by atoms with Gasteiger partial charge in [-0.25, -0.2) is 9.80 Å². The van der Waals surface area contributed by atoms with E-state index in [9.17, 15) is 15.3 Å². The monoisotopic (exact) mass is 292 g/mol. The van der Waals surface area contributed by atoms with E-state index in [-0.39, 0.29) is 12.2 Å². The molecular weight excluding hydrogens is 280 g/mol. The van der Waals surface area contributed by atoms with Crippen molar-refractivity contribution in [3.05, 3.63) is 47.0 Å². The van der Waals surface area contributed by atoms with Gasteiger partial charge in [-0.3, -0.25) is 0 Å². The van der Waals surface area contributed by atoms with Crippen LogP contribution in [0.4, 0.5) is 0 Å². The highest BCUT2D eigenvalue weighted by atomic mass is 16.5. The number of hydrazone groups is 1. The molecule has 1 atom stereocenters. The summed E-state index contributed by atoms with van der Waals surface area (Å²) in [6, 6.07) is 10.8. The van der Waals surface area contributed by atoms with Crippen LogP contribution in [-0.2, 0) is 9.53 Å². The van der Waals surface area contributed by atoms with Crippen molar-refractivity contribution in [2.75, 3.05) is 6.61 Å². The highest BCUT2D eigenvalue weighted by Gasteiger charge is 2.51. The van der Waals surface area contributed by atoms with Crippen LogP contribution in [0, 0.1) is 22.7 Å². The molecule has 0 fully saturated rings. The molecule has 0 spiro atoms. The lowest BCUT2D eigenvalue weighted by Crippen LogP contribution is -2.41. The van der Waals surface area contributed by atoms with Gasteiger partial charge in [-0.15, -0.1) is 0 Å². The molecule has 2 aliphatic heterocycles. The summed E-state index contributed by atoms with van der Waals surface area (Å²) in [5, 5.41) is 24.5. The molecule has 6 nitrogen and oxygen atoms in total. The Bertz CT molecular complexity index is 768. The highest BCUT2D eigenvalue weighted by molar-refractivity contribution is 5.94. The van der Waals surface area contributed by atoms with E-state index in [0.717, 1.165) is 11.1 Å². The number of hydrogen-bond acceptors (Lipinski definition) is 6. The third kappa shape index (κ3) is 1.78. The topological polar surface area (TPSA) is 89.5 Å². The molecule has 0 saturated carbocycles. The third-order valence-corrected chi connectivity index (χ3v) is 3.73. The summed E-state index contributed by atoms with van der Waals surface area (Å²) in [5.41, 5.74) is 0.348. The van der Waals surface area contributed by atoms with Crippen LogP contribution < -0.4 is 0 Å². The molecule has 1 aromatic rings. The number of fused-ring (bicyclic) bond motifs is 3. The number of carbonyl (C=O) groups is 1. The molecule has 0 amide bonds. The molecule has 2 heterocycles. The molecule has 0 saturated heterocycles. The zero-order chi connectivity index (χ0) is 15.7. The Morgan fingerprint density at radius 1 is 1.41 bits per heavy atom. The lowest BCUT2D eigenvalue weighted by molar-refractivity contribution is -0.139. The van der Waals surface area contributed by atoms with Crippen LogP contribution >= 0.6 is 0 Å². The molecule has 0 aromatic heterocycles. The van der Waals surface area contributed by atoms with E-state index in [0.29, 0.717) is 0 Å². The Morgan fingerprint density at radius 3 is 2.82 bits per heavy atom. The van der Waals surface area contributed by atoms with E-state index >= 15 is 0 Å². The molecule has 0 bridgehead atoms. The van der Waals surface area contributed by atoms with E-state index in [1.807, 2.05) is 36.4 Å². The molecular formula is C16H12N4O2. The largest absolute Gasteiger partial charge is 0.463 e. The van der Waals surface area contributed by atoms with E-state index < -0.39 is 17.6 Å². The van der Waals surface area contributed by atoms with Crippen molar-refractivity contribution < 1.29 is 9.53 Å². The summed E-state index contributed by atoms with van der Waals surface area (Å²) < 4.78 is 5.07. The average molecular weight is 292 g/mol. The lowest BCUT2D eigenvalue weighted by atomic mass is 9.95. The number of rotatable bonds is 2. The number of esters is 1. The standard InChI is InChI=1S/C16H12N4O2/c1-2-22-15(21)13-7-16(9-17,10-18)20-14(13)12-6-4-3-5-11(12)8-19-20/h3-8,14H,2H2,1H3/t14-/m0/s1. The van der Waals surface area contributed by atoms with Gasteiger partial charge in [0.2, 0.25) is 5.54 Å². The number of ether oxygens (including phenoxy) is 1. The van der Waals surface area contributed by atoms with E-state index in [4.69, 9.17) is 4.74 Å². The Morgan fingerprint density at radius 2 is 2.14 bits per heavy atom. The molecule has 0 N–H and O–H groups in total. The summed E-state index contributed by atoms with van der Waals surface area (Å²) in [6.07, 6.45) is 2.95. The first-order valence-electron chi connectivity index (χ1n) is 6.81. The number of carbonyl (C=O) groups excluding carboxylic acids is 1. The van der Waals surface area contributed by atoms with Crippen LogP contribution in [0.3, 0.4) is 0 Å². The summed E-state index contributed by atoms with van der Waals surface area (Å²) in [6.45, 7) is 1.93. The maximum Gasteiger partial charge on any atom is 0.336 e. The Hall–Kier alpha value is -3.12. The summed E-state index contributed by atoms with van der Waals surface area (Å²) in [5.74, 6) is -0.531. The molecule has 1 aromatic carbocycles. The van der Waals surface area contributed by atoms with Gasteiger partial charge in [-0.1, -0.05) is 24.3 Å². The second-order valence-corrected chi connectivity index (χ2v) is 4.93. The third-order valence-electron chi connectivity index (χ3n) is 3.73. The first kappa shape index (κ1) is 13.8. The number of benzene rings is 1. The van der Waals surface area contributed by atoms with Crippen LogP contribution in [-0.4, -0.2) is 29.3 Å². The minimum absolute atomic E-state index is 0.222. The van der Waals surface area contributed by atoms with Gasteiger partial charge in [-0.2, -0.15) is 15.6 Å². The van der Waals surface area contributed by atoms with Crippen molar-refractivity contribution in [3.8, 4) is 12.1 Å². The quantitative estimate of drug-likeness (QED) is 0.773. The molecule has 3 rings (SSSR count). The number of hydrogen-bond donors (Lipinski definition) is 0. The van der Waals surface area contributed by atoms with Crippen molar-refractivity contribution in [1.82, 2.24) is 5.01 Å². The fourth-order valence-corrected chi connectivity index (χ4v) is 2.74. The molecule has 0 radical (unpaired) electrons. The molecule has 22 heavy (non-hydrogen) atoms. The molecule has 0 unspecified atom stereocenters. The van der Waals surface area contributed by atoms with Gasteiger partial charge in [0.25, 0.3) is 0 Å². The Balaban J connectivity index is 2.18. The number of nitrogens with zero attached hydrogens (tertiary/aromatic N) is 4. The second kappa shape index (κ2) is 5.01. The van der Waals surface area contributed by atoms with E-state index in [2.05, 4.69) is 5.10 Å². The normalized spacial score (nSPS) is 20.2. The van der Waals surface area contributed by atoms with Gasteiger partial charge in [0.15, 0.2) is 0 Å². The van der Waals surface area contributed by atoms with Crippen molar-refractivity contribution in [2.24, 2.45) is 5.10 Å². The summed E-state index contributed by atoms with van der Waals surface area (Å²) >= 11 is 0. The minimum atomic E-state index is -1.60. The SMILES string of the molecule is CCOC(=O)C1=CC(C#N)(C#N)N2N=Cc3ccccc3[C@@H]12. The average Bonchev–Trinajstić information content (AvgIpc) is 2.91. The fourth-order valence-electron chi connectivity index (χ4n) is 2.74. The second-order valence-electron chi connectivity index (χ2n) is 4.93. The van der Waals surface area contributed by atoms with Crippen LogP contribution in [0.1, 0.15) is 24.1 Å². The fraction of sp³-hybridized carbons (Fsp3) is 0.250. The van der Waals surface area contributed by atoms with Crippen LogP contribution in [0.2, 0.25) is 0 Å². The van der Waals surface area contributed by atoms with Crippen molar-refractivity contribution in [1.29, 1.82) is 10.5 Å². The Labute approximate surface area is 127 Å². The van der Waals surface area contributed by atoms with Crippen LogP contribution in [0.25, 0.3) is 0 Å². The maximum absolute atomic E-state index is 12.2. The molecule has 6 heteroatoms. The van der Waals surface area contributed by atoms with Crippen molar-refractivity contribution in [2.45, 2.75) is 18.5 Å². The summed E-state index contributed by atoms with van der Waals surface area (Å²) in [4.78, 5) is 12.2. The minimum Gasteiger partial charge on any atom is -0.463 e.